The van der Waals surface area contributed by atoms with Crippen molar-refractivity contribution in [2.45, 2.75) is 0 Å². The smallest absolute Gasteiger partial charge is 0.355 e. The molecule has 0 fully saturated rings. The molecule has 31 heavy (non-hydrogen) atoms. The second kappa shape index (κ2) is 9.18. The third-order valence-electron chi connectivity index (χ3n) is 4.60. The molecule has 2 aromatic carbocycles. The number of nitro groups is 1. The van der Waals surface area contributed by atoms with E-state index < -0.39 is 22.6 Å². The minimum Gasteiger partial charge on any atom is -0.466 e. The van der Waals surface area contributed by atoms with E-state index in [2.05, 4.69) is 0 Å². The molecule has 0 bridgehead atoms. The second-order valence-corrected chi connectivity index (χ2v) is 6.37. The van der Waals surface area contributed by atoms with Crippen LogP contribution in [0.1, 0.15) is 15.9 Å². The summed E-state index contributed by atoms with van der Waals surface area (Å²) in [5.41, 5.74) is -0.192. The topological polar surface area (TPSA) is 125 Å². The van der Waals surface area contributed by atoms with Crippen molar-refractivity contribution in [3.63, 3.8) is 0 Å². The highest BCUT2D eigenvalue weighted by Gasteiger charge is 2.34. The predicted octanol–water partition coefficient (Wildman–Crippen LogP) is 2.22. The summed E-state index contributed by atoms with van der Waals surface area (Å²) in [6.45, 7) is -0.402. The molecule has 0 atom stereocenters. The summed E-state index contributed by atoms with van der Waals surface area (Å²) in [4.78, 5) is 49.9. The van der Waals surface area contributed by atoms with Crippen LogP contribution < -0.4 is 4.90 Å². The van der Waals surface area contributed by atoms with Crippen molar-refractivity contribution in [3.8, 4) is 0 Å². The number of carbonyl (C=O) groups excluding carboxylic acids is 3. The van der Waals surface area contributed by atoms with Crippen molar-refractivity contribution in [3.05, 3.63) is 81.0 Å². The van der Waals surface area contributed by atoms with Crippen molar-refractivity contribution < 1.29 is 33.5 Å². The molecular weight excluding hydrogens is 408 g/mol. The van der Waals surface area contributed by atoms with E-state index in [-0.39, 0.29) is 41.5 Å². The molecule has 1 heterocycles. The zero-order valence-corrected chi connectivity index (χ0v) is 16.7. The molecule has 2 aromatic rings. The number of benzene rings is 2. The Bertz CT molecular complexity index is 1080. The van der Waals surface area contributed by atoms with Crippen LogP contribution in [0.4, 0.5) is 11.4 Å². The quantitative estimate of drug-likeness (QED) is 0.296. The normalized spacial score (nSPS) is 13.5. The van der Waals surface area contributed by atoms with Gasteiger partial charge < -0.3 is 19.1 Å². The predicted molar refractivity (Wildman–Crippen MR) is 107 cm³/mol. The lowest BCUT2D eigenvalue weighted by molar-refractivity contribution is -0.384. The molecule has 0 N–H and O–H groups in total. The van der Waals surface area contributed by atoms with Gasteiger partial charge in [-0.2, -0.15) is 0 Å². The standard InChI is InChI=1S/C21H18N2O8/c1-29-20(25)16-11-31-12-22(18(16)21(26)30-2)17-9-8-14(23(27)28)10-15(17)19(24)13-6-4-3-5-7-13/h3-10H,11-12H2,1-2H3. The molecule has 0 saturated heterocycles. The largest absolute Gasteiger partial charge is 0.466 e. The van der Waals surface area contributed by atoms with Gasteiger partial charge in [0.1, 0.15) is 12.4 Å². The van der Waals surface area contributed by atoms with Crippen molar-refractivity contribution in [1.82, 2.24) is 0 Å². The first-order chi connectivity index (χ1) is 14.9. The highest BCUT2D eigenvalue weighted by atomic mass is 16.6. The molecule has 0 radical (unpaired) electrons. The number of nitro benzene ring substituents is 1. The SMILES string of the molecule is COC(=O)C1=C(C(=O)OC)N(c2ccc([N+](=O)[O-])cc2C(=O)c2ccccc2)COC1. The lowest BCUT2D eigenvalue weighted by Gasteiger charge is -2.32. The van der Waals surface area contributed by atoms with Gasteiger partial charge in [0, 0.05) is 17.7 Å². The second-order valence-electron chi connectivity index (χ2n) is 6.37. The van der Waals surface area contributed by atoms with Gasteiger partial charge in [0.05, 0.1) is 42.6 Å². The lowest BCUT2D eigenvalue weighted by Crippen LogP contribution is -2.39. The fourth-order valence-electron chi connectivity index (χ4n) is 3.13. The summed E-state index contributed by atoms with van der Waals surface area (Å²) in [5.74, 6) is -2.16. The van der Waals surface area contributed by atoms with Crippen LogP contribution in [0, 0.1) is 10.1 Å². The monoisotopic (exact) mass is 426 g/mol. The average molecular weight is 426 g/mol. The Morgan fingerprint density at radius 2 is 1.71 bits per heavy atom. The van der Waals surface area contributed by atoms with Gasteiger partial charge in [-0.3, -0.25) is 14.9 Å². The molecule has 160 valence electrons. The van der Waals surface area contributed by atoms with Crippen molar-refractivity contribution in [1.29, 1.82) is 0 Å². The number of ketones is 1. The Kier molecular flexibility index (Phi) is 6.41. The van der Waals surface area contributed by atoms with Crippen molar-refractivity contribution in [2.24, 2.45) is 0 Å². The highest BCUT2D eigenvalue weighted by molar-refractivity contribution is 6.14. The first-order valence-electron chi connectivity index (χ1n) is 9.02. The first-order valence-corrected chi connectivity index (χ1v) is 9.02. The van der Waals surface area contributed by atoms with Gasteiger partial charge in [-0.1, -0.05) is 30.3 Å². The van der Waals surface area contributed by atoms with Gasteiger partial charge in [0.25, 0.3) is 5.69 Å². The average Bonchev–Trinajstić information content (AvgIpc) is 2.82. The molecule has 0 amide bonds. The summed E-state index contributed by atoms with van der Waals surface area (Å²) in [6, 6.07) is 11.8. The van der Waals surface area contributed by atoms with Gasteiger partial charge in [0.2, 0.25) is 0 Å². The molecular formula is C21H18N2O8. The number of anilines is 1. The molecule has 10 nitrogen and oxygen atoms in total. The van der Waals surface area contributed by atoms with E-state index in [1.807, 2.05) is 0 Å². The van der Waals surface area contributed by atoms with E-state index in [1.54, 1.807) is 30.3 Å². The fraction of sp³-hybridized carbons (Fsp3) is 0.190. The lowest BCUT2D eigenvalue weighted by atomic mass is 9.99. The Balaban J connectivity index is 2.23. The van der Waals surface area contributed by atoms with E-state index in [1.165, 1.54) is 17.0 Å². The van der Waals surface area contributed by atoms with Gasteiger partial charge in [-0.25, -0.2) is 9.59 Å². The zero-order chi connectivity index (χ0) is 22.5. The van der Waals surface area contributed by atoms with E-state index >= 15 is 0 Å². The highest BCUT2D eigenvalue weighted by Crippen LogP contribution is 2.33. The van der Waals surface area contributed by atoms with Crippen molar-refractivity contribution >= 4 is 29.1 Å². The minimum absolute atomic E-state index is 0.0449. The fourth-order valence-corrected chi connectivity index (χ4v) is 3.13. The Morgan fingerprint density at radius 3 is 2.32 bits per heavy atom. The van der Waals surface area contributed by atoms with Gasteiger partial charge in [-0.15, -0.1) is 0 Å². The number of ether oxygens (including phenoxy) is 3. The van der Waals surface area contributed by atoms with Gasteiger partial charge in [-0.05, 0) is 6.07 Å². The third kappa shape index (κ3) is 4.28. The molecule has 10 heteroatoms. The summed E-state index contributed by atoms with van der Waals surface area (Å²) in [6.07, 6.45) is 0. The van der Waals surface area contributed by atoms with Crippen LogP contribution in [0.5, 0.6) is 0 Å². The Hall–Kier alpha value is -4.05. The van der Waals surface area contributed by atoms with Gasteiger partial charge in [0.15, 0.2) is 5.78 Å². The van der Waals surface area contributed by atoms with Crippen LogP contribution in [0.3, 0.4) is 0 Å². The Morgan fingerprint density at radius 1 is 1.03 bits per heavy atom. The van der Waals surface area contributed by atoms with E-state index in [4.69, 9.17) is 14.2 Å². The maximum atomic E-state index is 13.2. The maximum absolute atomic E-state index is 13.2. The van der Waals surface area contributed by atoms with Crippen LogP contribution >= 0.6 is 0 Å². The molecule has 0 spiro atoms. The van der Waals surface area contributed by atoms with Crippen LogP contribution in [0.15, 0.2) is 59.8 Å². The number of hydrogen-bond donors (Lipinski definition) is 0. The molecule has 1 aliphatic heterocycles. The molecule has 1 aliphatic rings. The zero-order valence-electron chi connectivity index (χ0n) is 16.7. The number of rotatable bonds is 6. The summed E-state index contributed by atoms with van der Waals surface area (Å²) >= 11 is 0. The number of non-ortho nitro benzene ring substituents is 1. The van der Waals surface area contributed by atoms with Crippen LogP contribution in [0.25, 0.3) is 0 Å². The van der Waals surface area contributed by atoms with Crippen LogP contribution in [-0.4, -0.2) is 50.2 Å². The van der Waals surface area contributed by atoms with Crippen LogP contribution in [0.2, 0.25) is 0 Å². The minimum atomic E-state index is -0.847. The summed E-state index contributed by atoms with van der Waals surface area (Å²) < 4.78 is 15.0. The molecule has 0 unspecified atom stereocenters. The molecule has 0 saturated carbocycles. The number of esters is 2. The molecule has 0 aromatic heterocycles. The number of nitrogens with zero attached hydrogens (tertiary/aromatic N) is 2. The molecule has 0 aliphatic carbocycles. The number of hydrogen-bond acceptors (Lipinski definition) is 9. The summed E-state index contributed by atoms with van der Waals surface area (Å²) in [7, 11) is 2.29. The first kappa shape index (κ1) is 21.7. The van der Waals surface area contributed by atoms with Gasteiger partial charge >= 0.3 is 11.9 Å². The van der Waals surface area contributed by atoms with E-state index in [0.717, 1.165) is 20.3 Å². The number of carbonyl (C=O) groups is 3. The van der Waals surface area contributed by atoms with E-state index in [9.17, 15) is 24.5 Å². The number of methoxy groups -OCH3 is 2. The Labute approximate surface area is 176 Å². The van der Waals surface area contributed by atoms with E-state index in [0.29, 0.717) is 5.56 Å². The molecule has 3 rings (SSSR count). The van der Waals surface area contributed by atoms with Crippen LogP contribution in [-0.2, 0) is 23.8 Å². The summed E-state index contributed by atoms with van der Waals surface area (Å²) in [5, 5.41) is 11.3. The van der Waals surface area contributed by atoms with Crippen molar-refractivity contribution in [2.75, 3.05) is 32.5 Å². The third-order valence-corrected chi connectivity index (χ3v) is 4.60. The maximum Gasteiger partial charge on any atom is 0.355 e.